The first-order chi connectivity index (χ1) is 6.22. The molecule has 1 N–H and O–H groups in total. The molecule has 0 aliphatic rings. The van der Waals surface area contributed by atoms with Crippen LogP contribution in [0.4, 0.5) is 14.9 Å². The molecule has 1 rings (SSSR count). The van der Waals surface area contributed by atoms with E-state index in [1.54, 1.807) is 6.92 Å². The smallest absolute Gasteiger partial charge is 0.411 e. The molecule has 70 valence electrons. The third-order valence-electron chi connectivity index (χ3n) is 1.25. The Bertz CT molecular complexity index is 287. The molecule has 0 fully saturated rings. The number of anilines is 1. The third kappa shape index (κ3) is 3.06. The quantitative estimate of drug-likeness (QED) is 0.713. The largest absolute Gasteiger partial charge is 0.450 e. The van der Waals surface area contributed by atoms with E-state index < -0.39 is 12.0 Å². The maximum Gasteiger partial charge on any atom is 0.411 e. The maximum absolute atomic E-state index is 12.3. The first kappa shape index (κ1) is 9.44. The number of pyridine rings is 1. The fourth-order valence-electron chi connectivity index (χ4n) is 0.735. The van der Waals surface area contributed by atoms with Crippen molar-refractivity contribution in [3.63, 3.8) is 0 Å². The van der Waals surface area contributed by atoms with Crippen molar-refractivity contribution in [3.8, 4) is 0 Å². The average molecular weight is 184 g/mol. The van der Waals surface area contributed by atoms with Gasteiger partial charge in [0.15, 0.2) is 0 Å². The van der Waals surface area contributed by atoms with Gasteiger partial charge in [0.1, 0.15) is 0 Å². The van der Waals surface area contributed by atoms with Crippen molar-refractivity contribution < 1.29 is 13.9 Å². The fraction of sp³-hybridized carbons (Fsp3) is 0.250. The Morgan fingerprint density at radius 2 is 2.46 bits per heavy atom. The lowest BCUT2D eigenvalue weighted by Gasteiger charge is -2.03. The topological polar surface area (TPSA) is 51.2 Å². The van der Waals surface area contributed by atoms with E-state index in [-0.39, 0.29) is 0 Å². The standard InChI is InChI=1S/C8H9FN2O2/c1-2-13-8(12)11-6-3-4-7(9)10-5-6/h3-5H,2H2,1H3,(H,11,12). The fourth-order valence-corrected chi connectivity index (χ4v) is 0.735. The molecule has 0 bridgehead atoms. The summed E-state index contributed by atoms with van der Waals surface area (Å²) < 4.78 is 16.9. The molecular formula is C8H9FN2O2. The number of amides is 1. The minimum absolute atomic E-state index is 0.292. The molecule has 4 nitrogen and oxygen atoms in total. The van der Waals surface area contributed by atoms with E-state index in [9.17, 15) is 9.18 Å². The molecule has 0 aliphatic heterocycles. The van der Waals surface area contributed by atoms with Gasteiger partial charge in [0, 0.05) is 0 Å². The van der Waals surface area contributed by atoms with Crippen LogP contribution in [0.5, 0.6) is 0 Å². The lowest BCUT2D eigenvalue weighted by Crippen LogP contribution is -2.13. The summed E-state index contributed by atoms with van der Waals surface area (Å²) in [7, 11) is 0. The van der Waals surface area contributed by atoms with E-state index in [1.807, 2.05) is 0 Å². The molecule has 0 spiro atoms. The summed E-state index contributed by atoms with van der Waals surface area (Å²) in [5, 5.41) is 2.38. The van der Waals surface area contributed by atoms with Crippen LogP contribution in [0.3, 0.4) is 0 Å². The van der Waals surface area contributed by atoms with Gasteiger partial charge in [-0.05, 0) is 19.1 Å². The third-order valence-corrected chi connectivity index (χ3v) is 1.25. The van der Waals surface area contributed by atoms with Gasteiger partial charge in [0.25, 0.3) is 0 Å². The van der Waals surface area contributed by atoms with Crippen LogP contribution in [-0.2, 0) is 4.74 Å². The van der Waals surface area contributed by atoms with Crippen molar-refractivity contribution in [2.45, 2.75) is 6.92 Å². The molecule has 1 heterocycles. The molecule has 1 aromatic rings. The molecule has 0 aliphatic carbocycles. The number of halogens is 1. The van der Waals surface area contributed by atoms with Gasteiger partial charge in [-0.2, -0.15) is 4.39 Å². The predicted octanol–water partition coefficient (Wildman–Crippen LogP) is 1.79. The second-order valence-corrected chi connectivity index (χ2v) is 2.22. The molecule has 13 heavy (non-hydrogen) atoms. The van der Waals surface area contributed by atoms with Crippen LogP contribution in [0.2, 0.25) is 0 Å². The molecular weight excluding hydrogens is 175 g/mol. The van der Waals surface area contributed by atoms with Gasteiger partial charge in [-0.1, -0.05) is 0 Å². The van der Waals surface area contributed by atoms with Gasteiger partial charge in [-0.3, -0.25) is 5.32 Å². The summed E-state index contributed by atoms with van der Waals surface area (Å²) in [4.78, 5) is 14.2. The predicted molar refractivity (Wildman–Crippen MR) is 44.8 cm³/mol. The van der Waals surface area contributed by atoms with E-state index in [0.717, 1.165) is 6.07 Å². The molecule has 1 aromatic heterocycles. The highest BCUT2D eigenvalue weighted by molar-refractivity contribution is 5.84. The first-order valence-electron chi connectivity index (χ1n) is 3.77. The SMILES string of the molecule is CCOC(=O)Nc1ccc(F)nc1. The van der Waals surface area contributed by atoms with E-state index >= 15 is 0 Å². The van der Waals surface area contributed by atoms with E-state index in [4.69, 9.17) is 0 Å². The molecule has 1 amide bonds. The van der Waals surface area contributed by atoms with Gasteiger partial charge >= 0.3 is 6.09 Å². The Kier molecular flexibility index (Phi) is 3.19. The van der Waals surface area contributed by atoms with Crippen LogP contribution in [0.1, 0.15) is 6.92 Å². The highest BCUT2D eigenvalue weighted by Gasteiger charge is 2.01. The Balaban J connectivity index is 2.54. The normalized spacial score (nSPS) is 9.38. The molecule has 0 saturated carbocycles. The highest BCUT2D eigenvalue weighted by Crippen LogP contribution is 2.05. The molecule has 0 radical (unpaired) electrons. The van der Waals surface area contributed by atoms with E-state index in [2.05, 4.69) is 15.0 Å². The number of hydrogen-bond donors (Lipinski definition) is 1. The zero-order valence-electron chi connectivity index (χ0n) is 7.08. The second-order valence-electron chi connectivity index (χ2n) is 2.22. The zero-order valence-corrected chi connectivity index (χ0v) is 7.08. The van der Waals surface area contributed by atoms with Crippen LogP contribution >= 0.6 is 0 Å². The van der Waals surface area contributed by atoms with Gasteiger partial charge in [-0.25, -0.2) is 9.78 Å². The molecule has 0 aromatic carbocycles. The van der Waals surface area contributed by atoms with Crippen LogP contribution in [0, 0.1) is 5.95 Å². The van der Waals surface area contributed by atoms with Crippen LogP contribution in [0.15, 0.2) is 18.3 Å². The highest BCUT2D eigenvalue weighted by atomic mass is 19.1. The lowest BCUT2D eigenvalue weighted by molar-refractivity contribution is 0.168. The van der Waals surface area contributed by atoms with Crippen molar-refractivity contribution in [1.82, 2.24) is 4.98 Å². The maximum atomic E-state index is 12.3. The Labute approximate surface area is 74.7 Å². The van der Waals surface area contributed by atoms with Crippen molar-refractivity contribution in [1.29, 1.82) is 0 Å². The summed E-state index contributed by atoms with van der Waals surface area (Å²) in [6.07, 6.45) is 0.641. The van der Waals surface area contributed by atoms with Crippen molar-refractivity contribution in [3.05, 3.63) is 24.3 Å². The minimum Gasteiger partial charge on any atom is -0.450 e. The Hall–Kier alpha value is -1.65. The number of aromatic nitrogens is 1. The van der Waals surface area contributed by atoms with Crippen molar-refractivity contribution in [2.75, 3.05) is 11.9 Å². The Morgan fingerprint density at radius 1 is 1.69 bits per heavy atom. The lowest BCUT2D eigenvalue weighted by atomic mass is 10.4. The summed E-state index contributed by atoms with van der Waals surface area (Å²) in [5.74, 6) is -0.589. The van der Waals surface area contributed by atoms with Crippen LogP contribution < -0.4 is 5.32 Å². The van der Waals surface area contributed by atoms with Gasteiger partial charge in [0.05, 0.1) is 18.5 Å². The monoisotopic (exact) mass is 184 g/mol. The zero-order chi connectivity index (χ0) is 9.68. The van der Waals surface area contributed by atoms with Crippen molar-refractivity contribution in [2.24, 2.45) is 0 Å². The average Bonchev–Trinajstić information content (AvgIpc) is 2.09. The Morgan fingerprint density at radius 3 is 3.00 bits per heavy atom. The van der Waals surface area contributed by atoms with E-state index in [1.165, 1.54) is 12.3 Å². The number of rotatable bonds is 2. The number of ether oxygens (including phenoxy) is 1. The number of hydrogen-bond acceptors (Lipinski definition) is 3. The minimum atomic E-state index is -0.589. The summed E-state index contributed by atoms with van der Waals surface area (Å²) in [6, 6.07) is 2.56. The van der Waals surface area contributed by atoms with Crippen LogP contribution in [-0.4, -0.2) is 17.7 Å². The summed E-state index contributed by atoms with van der Waals surface area (Å²) in [5.41, 5.74) is 0.403. The summed E-state index contributed by atoms with van der Waals surface area (Å²) in [6.45, 7) is 1.99. The molecule has 0 atom stereocenters. The second kappa shape index (κ2) is 4.39. The number of nitrogens with zero attached hydrogens (tertiary/aromatic N) is 1. The number of carbonyl (C=O) groups is 1. The first-order valence-corrected chi connectivity index (χ1v) is 3.77. The molecule has 0 unspecified atom stereocenters. The number of carbonyl (C=O) groups excluding carboxylic acids is 1. The van der Waals surface area contributed by atoms with Crippen molar-refractivity contribution >= 4 is 11.8 Å². The molecule has 0 saturated heterocycles. The van der Waals surface area contributed by atoms with Crippen LogP contribution in [0.25, 0.3) is 0 Å². The molecule has 5 heteroatoms. The van der Waals surface area contributed by atoms with Gasteiger partial charge < -0.3 is 4.74 Å². The summed E-state index contributed by atoms with van der Waals surface area (Å²) >= 11 is 0. The van der Waals surface area contributed by atoms with Gasteiger partial charge in [0.2, 0.25) is 5.95 Å². The number of nitrogens with one attached hydrogen (secondary N) is 1. The van der Waals surface area contributed by atoms with Gasteiger partial charge in [-0.15, -0.1) is 0 Å². The van der Waals surface area contributed by atoms with E-state index in [0.29, 0.717) is 12.3 Å².